The van der Waals surface area contributed by atoms with Gasteiger partial charge in [0, 0.05) is 32.0 Å². The normalized spacial score (nSPS) is 19.6. The van der Waals surface area contributed by atoms with Crippen molar-refractivity contribution in [3.63, 3.8) is 0 Å². The number of rotatable bonds is 4. The van der Waals surface area contributed by atoms with Gasteiger partial charge in [-0.2, -0.15) is 0 Å². The van der Waals surface area contributed by atoms with Crippen LogP contribution in [0.4, 0.5) is 11.4 Å². The molecule has 0 spiro atoms. The fraction of sp³-hybridized carbons (Fsp3) is 0.562. The molecule has 0 aliphatic carbocycles. The highest BCUT2D eigenvalue weighted by atomic mass is 16.2. The van der Waals surface area contributed by atoms with Gasteiger partial charge in [0.1, 0.15) is 0 Å². The molecule has 2 rings (SSSR count). The minimum Gasteiger partial charge on any atom is -0.378 e. The maximum absolute atomic E-state index is 12.0. The summed E-state index contributed by atoms with van der Waals surface area (Å²) >= 11 is 0. The van der Waals surface area contributed by atoms with E-state index in [1.165, 1.54) is 12.8 Å². The maximum atomic E-state index is 12.0. The van der Waals surface area contributed by atoms with Crippen molar-refractivity contribution in [2.75, 3.05) is 43.9 Å². The first-order chi connectivity index (χ1) is 9.54. The van der Waals surface area contributed by atoms with Crippen LogP contribution in [0.25, 0.3) is 0 Å². The number of hydrogen-bond donors (Lipinski definition) is 1. The molecule has 1 aromatic carbocycles. The van der Waals surface area contributed by atoms with Gasteiger partial charge < -0.3 is 10.2 Å². The van der Waals surface area contributed by atoms with Crippen molar-refractivity contribution in [2.45, 2.75) is 19.8 Å². The van der Waals surface area contributed by atoms with Crippen LogP contribution in [-0.2, 0) is 4.79 Å². The lowest BCUT2D eigenvalue weighted by molar-refractivity contribution is -0.117. The molecule has 1 N–H and O–H groups in total. The smallest absolute Gasteiger partial charge is 0.238 e. The van der Waals surface area contributed by atoms with Crippen LogP contribution in [0.2, 0.25) is 0 Å². The molecule has 1 heterocycles. The Morgan fingerprint density at radius 1 is 1.35 bits per heavy atom. The second kappa shape index (κ2) is 6.75. The molecule has 4 nitrogen and oxygen atoms in total. The van der Waals surface area contributed by atoms with E-state index in [1.807, 2.05) is 43.3 Å². The summed E-state index contributed by atoms with van der Waals surface area (Å²) in [5.41, 5.74) is 2.00. The van der Waals surface area contributed by atoms with Gasteiger partial charge in [0.05, 0.1) is 6.54 Å². The average Bonchev–Trinajstić information content (AvgIpc) is 2.39. The van der Waals surface area contributed by atoms with Crippen LogP contribution in [0.5, 0.6) is 0 Å². The molecule has 0 radical (unpaired) electrons. The number of anilines is 2. The summed E-state index contributed by atoms with van der Waals surface area (Å²) in [4.78, 5) is 16.3. The molecule has 4 heteroatoms. The van der Waals surface area contributed by atoms with Crippen LogP contribution in [-0.4, -0.2) is 44.5 Å². The second-order valence-corrected chi connectivity index (χ2v) is 5.97. The number of nitrogens with zero attached hydrogens (tertiary/aromatic N) is 2. The molecule has 110 valence electrons. The Morgan fingerprint density at radius 2 is 2.05 bits per heavy atom. The minimum atomic E-state index is 0.0803. The van der Waals surface area contributed by atoms with Crippen molar-refractivity contribution in [3.8, 4) is 0 Å². The van der Waals surface area contributed by atoms with Gasteiger partial charge in [-0.3, -0.25) is 9.69 Å². The molecular weight excluding hydrogens is 250 g/mol. The Bertz CT molecular complexity index is 442. The molecule has 0 saturated carbocycles. The van der Waals surface area contributed by atoms with Crippen molar-refractivity contribution in [1.29, 1.82) is 0 Å². The van der Waals surface area contributed by atoms with E-state index >= 15 is 0 Å². The maximum Gasteiger partial charge on any atom is 0.238 e. The van der Waals surface area contributed by atoms with Crippen molar-refractivity contribution in [2.24, 2.45) is 5.92 Å². The molecule has 1 amide bonds. The molecular formula is C16H25N3O. The summed E-state index contributed by atoms with van der Waals surface area (Å²) < 4.78 is 0. The zero-order valence-corrected chi connectivity index (χ0v) is 12.7. The monoisotopic (exact) mass is 275 g/mol. The van der Waals surface area contributed by atoms with Gasteiger partial charge >= 0.3 is 0 Å². The zero-order valence-electron chi connectivity index (χ0n) is 12.7. The van der Waals surface area contributed by atoms with Gasteiger partial charge in [-0.05, 0) is 49.6 Å². The molecule has 1 aromatic rings. The average molecular weight is 275 g/mol. The SMILES string of the molecule is C[C@H]1CCCN(CC(=O)Nc2ccc(N(C)C)cc2)C1. The minimum absolute atomic E-state index is 0.0803. The van der Waals surface area contributed by atoms with Gasteiger partial charge in [0.2, 0.25) is 5.91 Å². The first-order valence-electron chi connectivity index (χ1n) is 7.34. The van der Waals surface area contributed by atoms with Gasteiger partial charge in [-0.15, -0.1) is 0 Å². The standard InChI is InChI=1S/C16H25N3O/c1-13-5-4-10-19(11-13)12-16(20)17-14-6-8-15(9-7-14)18(2)3/h6-9,13H,4-5,10-12H2,1-3H3,(H,17,20)/t13-/m0/s1. The summed E-state index contributed by atoms with van der Waals surface area (Å²) in [5.74, 6) is 0.785. The first-order valence-corrected chi connectivity index (χ1v) is 7.34. The largest absolute Gasteiger partial charge is 0.378 e. The number of hydrogen-bond acceptors (Lipinski definition) is 3. The zero-order chi connectivity index (χ0) is 14.5. The fourth-order valence-electron chi connectivity index (χ4n) is 2.68. The van der Waals surface area contributed by atoms with E-state index in [-0.39, 0.29) is 5.91 Å². The predicted molar refractivity (Wildman–Crippen MR) is 84.2 cm³/mol. The van der Waals surface area contributed by atoms with E-state index in [1.54, 1.807) is 0 Å². The van der Waals surface area contributed by atoms with Gasteiger partial charge in [-0.1, -0.05) is 6.92 Å². The summed E-state index contributed by atoms with van der Waals surface area (Å²) in [5, 5.41) is 2.97. The lowest BCUT2D eigenvalue weighted by Gasteiger charge is -2.30. The molecule has 20 heavy (non-hydrogen) atoms. The summed E-state index contributed by atoms with van der Waals surface area (Å²) in [6.07, 6.45) is 2.48. The van der Waals surface area contributed by atoms with Crippen LogP contribution >= 0.6 is 0 Å². The lowest BCUT2D eigenvalue weighted by atomic mass is 10.0. The van der Waals surface area contributed by atoms with Crippen LogP contribution in [0.15, 0.2) is 24.3 Å². The van der Waals surface area contributed by atoms with Crippen LogP contribution < -0.4 is 10.2 Å². The first kappa shape index (κ1) is 14.9. The number of amides is 1. The highest BCUT2D eigenvalue weighted by Gasteiger charge is 2.18. The second-order valence-electron chi connectivity index (χ2n) is 5.97. The number of carbonyl (C=O) groups is 1. The third-order valence-electron chi connectivity index (χ3n) is 3.78. The van der Waals surface area contributed by atoms with Crippen LogP contribution in [0.1, 0.15) is 19.8 Å². The third-order valence-corrected chi connectivity index (χ3v) is 3.78. The van der Waals surface area contributed by atoms with Crippen molar-refractivity contribution in [1.82, 2.24) is 4.90 Å². The predicted octanol–water partition coefficient (Wildman–Crippen LogP) is 2.42. The summed E-state index contributed by atoms with van der Waals surface area (Å²) in [7, 11) is 4.01. The number of carbonyl (C=O) groups excluding carboxylic acids is 1. The summed E-state index contributed by atoms with van der Waals surface area (Å²) in [6, 6.07) is 7.93. The van der Waals surface area contributed by atoms with Gasteiger partial charge in [0.25, 0.3) is 0 Å². The number of likely N-dealkylation sites (tertiary alicyclic amines) is 1. The Labute approximate surface area is 121 Å². The number of piperidine rings is 1. The molecule has 1 saturated heterocycles. The molecule has 0 bridgehead atoms. The highest BCUT2D eigenvalue weighted by Crippen LogP contribution is 2.17. The molecule has 1 atom stereocenters. The topological polar surface area (TPSA) is 35.6 Å². The van der Waals surface area contributed by atoms with E-state index in [0.717, 1.165) is 24.5 Å². The molecule has 1 fully saturated rings. The van der Waals surface area contributed by atoms with E-state index in [4.69, 9.17) is 0 Å². The Kier molecular flexibility index (Phi) is 5.01. The molecule has 0 unspecified atom stereocenters. The van der Waals surface area contributed by atoms with Crippen LogP contribution in [0, 0.1) is 5.92 Å². The molecule has 0 aromatic heterocycles. The fourth-order valence-corrected chi connectivity index (χ4v) is 2.68. The van der Waals surface area contributed by atoms with Crippen LogP contribution in [0.3, 0.4) is 0 Å². The quantitative estimate of drug-likeness (QED) is 0.916. The van der Waals surface area contributed by atoms with Gasteiger partial charge in [-0.25, -0.2) is 0 Å². The van der Waals surface area contributed by atoms with Gasteiger partial charge in [0.15, 0.2) is 0 Å². The summed E-state index contributed by atoms with van der Waals surface area (Å²) in [6.45, 7) is 4.83. The highest BCUT2D eigenvalue weighted by molar-refractivity contribution is 5.92. The Morgan fingerprint density at radius 3 is 2.65 bits per heavy atom. The molecule has 1 aliphatic rings. The van der Waals surface area contributed by atoms with E-state index < -0.39 is 0 Å². The lowest BCUT2D eigenvalue weighted by Crippen LogP contribution is -2.39. The number of nitrogens with one attached hydrogen (secondary N) is 1. The van der Waals surface area contributed by atoms with Crippen molar-refractivity contribution >= 4 is 17.3 Å². The Balaban J connectivity index is 1.84. The Hall–Kier alpha value is -1.55. The van der Waals surface area contributed by atoms with Crippen molar-refractivity contribution < 1.29 is 4.79 Å². The van der Waals surface area contributed by atoms with E-state index in [2.05, 4.69) is 17.1 Å². The van der Waals surface area contributed by atoms with E-state index in [0.29, 0.717) is 12.5 Å². The van der Waals surface area contributed by atoms with Crippen molar-refractivity contribution in [3.05, 3.63) is 24.3 Å². The van der Waals surface area contributed by atoms with E-state index in [9.17, 15) is 4.79 Å². The third kappa shape index (κ3) is 4.23. The molecule has 1 aliphatic heterocycles. The number of benzene rings is 1.